The number of fused-ring (bicyclic) bond motifs is 1. The lowest BCUT2D eigenvalue weighted by Crippen LogP contribution is -2.40. The van der Waals surface area contributed by atoms with Crippen LogP contribution in [0.5, 0.6) is 0 Å². The highest BCUT2D eigenvalue weighted by Gasteiger charge is 2.27. The van der Waals surface area contributed by atoms with Crippen LogP contribution in [0.3, 0.4) is 0 Å². The van der Waals surface area contributed by atoms with Crippen LogP contribution in [0.1, 0.15) is 12.0 Å². The van der Waals surface area contributed by atoms with Crippen LogP contribution < -0.4 is 10.2 Å². The van der Waals surface area contributed by atoms with E-state index >= 15 is 0 Å². The van der Waals surface area contributed by atoms with Gasteiger partial charge in [0.05, 0.1) is 0 Å². The largest absolute Gasteiger partial charge is 0.325 e. The number of aryl methyl sites for hydroxylation is 1. The molecule has 2 aromatic rings. The summed E-state index contributed by atoms with van der Waals surface area (Å²) in [5.41, 5.74) is 2.01. The van der Waals surface area contributed by atoms with Gasteiger partial charge >= 0.3 is 0 Å². The van der Waals surface area contributed by atoms with E-state index in [1.165, 1.54) is 17.0 Å². The van der Waals surface area contributed by atoms with Crippen molar-refractivity contribution in [2.24, 2.45) is 0 Å². The Bertz CT molecular complexity index is 958. The minimum Gasteiger partial charge on any atom is -0.325 e. The molecular weight excluding hydrogens is 371 g/mol. The molecule has 2 amide bonds. The Morgan fingerprint density at radius 3 is 2.48 bits per heavy atom. The van der Waals surface area contributed by atoms with Gasteiger partial charge in [-0.3, -0.25) is 9.59 Å². The van der Waals surface area contributed by atoms with Gasteiger partial charge in [0.1, 0.15) is 17.3 Å². The lowest BCUT2D eigenvalue weighted by atomic mass is 10.0. The third kappa shape index (κ3) is 4.91. The van der Waals surface area contributed by atoms with Gasteiger partial charge in [0.25, 0.3) is 0 Å². The first-order valence-electron chi connectivity index (χ1n) is 8.48. The van der Waals surface area contributed by atoms with Gasteiger partial charge in [0, 0.05) is 17.9 Å². The Kier molecular flexibility index (Phi) is 5.55. The molecule has 0 saturated carbocycles. The lowest BCUT2D eigenvalue weighted by Gasteiger charge is -2.29. The number of hydrogen-bond donors (Lipinski definition) is 1. The number of carbonyl (C=O) groups is 2. The maximum Gasteiger partial charge on any atom is 0.242 e. The van der Waals surface area contributed by atoms with E-state index in [9.17, 15) is 22.4 Å². The molecule has 2 aromatic carbocycles. The molecule has 0 spiro atoms. The van der Waals surface area contributed by atoms with Crippen molar-refractivity contribution in [1.82, 2.24) is 0 Å². The summed E-state index contributed by atoms with van der Waals surface area (Å²) >= 11 is 0. The Morgan fingerprint density at radius 2 is 1.74 bits per heavy atom. The molecule has 6 nitrogen and oxygen atoms in total. The van der Waals surface area contributed by atoms with Crippen molar-refractivity contribution in [3.8, 4) is 0 Å². The van der Waals surface area contributed by atoms with Gasteiger partial charge in [0.2, 0.25) is 11.8 Å². The smallest absolute Gasteiger partial charge is 0.242 e. The van der Waals surface area contributed by atoms with Gasteiger partial charge in [-0.25, -0.2) is 12.8 Å². The topological polar surface area (TPSA) is 83.5 Å². The van der Waals surface area contributed by atoms with Crippen LogP contribution in [-0.2, 0) is 25.8 Å². The van der Waals surface area contributed by atoms with Gasteiger partial charge in [-0.2, -0.15) is 0 Å². The summed E-state index contributed by atoms with van der Waals surface area (Å²) in [6.45, 7) is 0.452. The van der Waals surface area contributed by atoms with Gasteiger partial charge in [-0.05, 0) is 48.7 Å². The SMILES string of the molecule is O=C(CS(=O)(=O)CC(=O)N1CCCc2ccccc21)Nc1ccc(F)cc1. The number of sulfone groups is 1. The van der Waals surface area contributed by atoms with E-state index in [4.69, 9.17) is 0 Å². The monoisotopic (exact) mass is 390 g/mol. The van der Waals surface area contributed by atoms with Crippen molar-refractivity contribution in [1.29, 1.82) is 0 Å². The lowest BCUT2D eigenvalue weighted by molar-refractivity contribution is -0.116. The second-order valence-corrected chi connectivity index (χ2v) is 8.43. The first kappa shape index (κ1) is 19.0. The third-order valence-electron chi connectivity index (χ3n) is 4.23. The summed E-state index contributed by atoms with van der Waals surface area (Å²) in [5, 5.41) is 2.38. The van der Waals surface area contributed by atoms with E-state index in [1.54, 1.807) is 12.1 Å². The Balaban J connectivity index is 1.63. The summed E-state index contributed by atoms with van der Waals surface area (Å²) in [6.07, 6.45) is 1.60. The Labute approximate surface area is 156 Å². The second kappa shape index (κ2) is 7.87. The summed E-state index contributed by atoms with van der Waals surface area (Å²) in [5.74, 6) is -3.33. The highest BCUT2D eigenvalue weighted by molar-refractivity contribution is 7.92. The molecule has 1 N–H and O–H groups in total. The molecule has 0 aliphatic carbocycles. The Morgan fingerprint density at radius 1 is 1.04 bits per heavy atom. The predicted octanol–water partition coefficient (Wildman–Crippen LogP) is 2.16. The fraction of sp³-hybridized carbons (Fsp3) is 0.263. The van der Waals surface area contributed by atoms with Crippen molar-refractivity contribution in [2.75, 3.05) is 28.3 Å². The molecule has 1 aliphatic heterocycles. The van der Waals surface area contributed by atoms with Gasteiger partial charge in [0.15, 0.2) is 9.84 Å². The highest BCUT2D eigenvalue weighted by Crippen LogP contribution is 2.26. The quantitative estimate of drug-likeness (QED) is 0.848. The normalized spacial score (nSPS) is 13.7. The zero-order valence-electron chi connectivity index (χ0n) is 14.5. The van der Waals surface area contributed by atoms with Crippen LogP contribution in [0.25, 0.3) is 0 Å². The van der Waals surface area contributed by atoms with E-state index in [-0.39, 0.29) is 5.69 Å². The summed E-state index contributed by atoms with van der Waals surface area (Å²) < 4.78 is 37.4. The van der Waals surface area contributed by atoms with E-state index in [2.05, 4.69) is 5.32 Å². The zero-order valence-corrected chi connectivity index (χ0v) is 15.3. The number of carbonyl (C=O) groups excluding carboxylic acids is 2. The van der Waals surface area contributed by atoms with Gasteiger partial charge in [-0.1, -0.05) is 18.2 Å². The number of halogens is 1. The Hall–Kier alpha value is -2.74. The van der Waals surface area contributed by atoms with Crippen LogP contribution in [0, 0.1) is 5.82 Å². The number of amides is 2. The minimum atomic E-state index is -3.94. The molecule has 27 heavy (non-hydrogen) atoms. The van der Waals surface area contributed by atoms with E-state index in [0.29, 0.717) is 6.54 Å². The number of benzene rings is 2. The van der Waals surface area contributed by atoms with Gasteiger partial charge in [-0.15, -0.1) is 0 Å². The standard InChI is InChI=1S/C19H19FN2O4S/c20-15-7-9-16(10-8-15)21-18(23)12-27(25,26)13-19(24)22-11-3-5-14-4-1-2-6-17(14)22/h1-2,4,6-10H,3,5,11-13H2,(H,21,23). The molecule has 0 fully saturated rings. The molecule has 0 unspecified atom stereocenters. The molecule has 1 aliphatic rings. The minimum absolute atomic E-state index is 0.285. The maximum absolute atomic E-state index is 12.9. The van der Waals surface area contributed by atoms with Crippen LogP contribution in [0.4, 0.5) is 15.8 Å². The van der Waals surface area contributed by atoms with Gasteiger partial charge < -0.3 is 10.2 Å². The molecule has 0 bridgehead atoms. The number of rotatable bonds is 5. The van der Waals surface area contributed by atoms with E-state index in [1.807, 2.05) is 12.1 Å². The summed E-state index contributed by atoms with van der Waals surface area (Å²) in [4.78, 5) is 26.0. The van der Waals surface area contributed by atoms with Crippen LogP contribution in [0.15, 0.2) is 48.5 Å². The van der Waals surface area contributed by atoms with E-state index in [0.717, 1.165) is 36.2 Å². The second-order valence-electron chi connectivity index (χ2n) is 6.36. The van der Waals surface area contributed by atoms with Crippen molar-refractivity contribution >= 4 is 33.0 Å². The molecule has 8 heteroatoms. The number of nitrogens with zero attached hydrogens (tertiary/aromatic N) is 1. The average Bonchev–Trinajstić information content (AvgIpc) is 2.62. The third-order valence-corrected chi connectivity index (χ3v) is 5.62. The van der Waals surface area contributed by atoms with Crippen molar-refractivity contribution < 1.29 is 22.4 Å². The zero-order chi connectivity index (χ0) is 19.4. The first-order chi connectivity index (χ1) is 12.8. The summed E-state index contributed by atoms with van der Waals surface area (Å²) in [7, 11) is -3.94. The molecule has 0 saturated heterocycles. The number of para-hydroxylation sites is 1. The first-order valence-corrected chi connectivity index (χ1v) is 10.3. The maximum atomic E-state index is 12.9. The highest BCUT2D eigenvalue weighted by atomic mass is 32.2. The van der Waals surface area contributed by atoms with Crippen LogP contribution >= 0.6 is 0 Å². The van der Waals surface area contributed by atoms with E-state index < -0.39 is 39.0 Å². The predicted molar refractivity (Wildman–Crippen MR) is 101 cm³/mol. The molecule has 0 atom stereocenters. The molecule has 3 rings (SSSR count). The fourth-order valence-corrected chi connectivity index (χ4v) is 4.15. The van der Waals surface area contributed by atoms with Crippen molar-refractivity contribution in [3.05, 3.63) is 59.9 Å². The van der Waals surface area contributed by atoms with Crippen LogP contribution in [0.2, 0.25) is 0 Å². The number of nitrogens with one attached hydrogen (secondary N) is 1. The molecule has 0 radical (unpaired) electrons. The van der Waals surface area contributed by atoms with Crippen molar-refractivity contribution in [2.45, 2.75) is 12.8 Å². The number of hydrogen-bond acceptors (Lipinski definition) is 4. The molecule has 142 valence electrons. The fourth-order valence-electron chi connectivity index (χ4n) is 3.04. The van der Waals surface area contributed by atoms with Crippen LogP contribution in [-0.4, -0.2) is 38.3 Å². The average molecular weight is 390 g/mol. The number of anilines is 2. The summed E-state index contributed by atoms with van der Waals surface area (Å²) in [6, 6.07) is 12.4. The molecule has 0 aromatic heterocycles. The molecular formula is C19H19FN2O4S. The van der Waals surface area contributed by atoms with Crippen molar-refractivity contribution in [3.63, 3.8) is 0 Å². The molecule has 1 heterocycles.